The van der Waals surface area contributed by atoms with E-state index in [2.05, 4.69) is 32.1 Å². The van der Waals surface area contributed by atoms with Gasteiger partial charge in [0.15, 0.2) is 0 Å². The summed E-state index contributed by atoms with van der Waals surface area (Å²) >= 11 is 0. The van der Waals surface area contributed by atoms with Gasteiger partial charge in [0.05, 0.1) is 13.5 Å². The molecule has 0 N–H and O–H groups in total. The maximum absolute atomic E-state index is 10.9. The smallest absolute Gasteiger partial charge is 0.309 e. The van der Waals surface area contributed by atoms with Gasteiger partial charge in [-0.2, -0.15) is 0 Å². The van der Waals surface area contributed by atoms with E-state index in [-0.39, 0.29) is 5.97 Å². The third-order valence-corrected chi connectivity index (χ3v) is 1.99. The first-order valence-electron chi connectivity index (χ1n) is 4.33. The van der Waals surface area contributed by atoms with Gasteiger partial charge < -0.3 is 4.74 Å². The summed E-state index contributed by atoms with van der Waals surface area (Å²) < 4.78 is 4.55. The molecule has 74 valence electrons. The topological polar surface area (TPSA) is 26.3 Å². The van der Waals surface area contributed by atoms with Gasteiger partial charge in [-0.15, -0.1) is 0 Å². The van der Waals surface area contributed by atoms with E-state index in [0.717, 1.165) is 12.0 Å². The van der Waals surface area contributed by atoms with Crippen molar-refractivity contribution in [3.63, 3.8) is 0 Å². The van der Waals surface area contributed by atoms with E-state index in [1.165, 1.54) is 18.3 Å². The molecule has 0 aromatic rings. The van der Waals surface area contributed by atoms with Crippen molar-refractivity contribution in [1.29, 1.82) is 0 Å². The highest BCUT2D eigenvalue weighted by atomic mass is 16.5. The second kappa shape index (κ2) is 5.57. The Kier molecular flexibility index (Phi) is 5.12. The quantitative estimate of drug-likeness (QED) is 0.493. The maximum Gasteiger partial charge on any atom is 0.309 e. The van der Waals surface area contributed by atoms with Crippen LogP contribution in [0.2, 0.25) is 0 Å². The highest BCUT2D eigenvalue weighted by molar-refractivity contribution is 5.72. The van der Waals surface area contributed by atoms with E-state index >= 15 is 0 Å². The fraction of sp³-hybridized carbons (Fsp3) is 0.545. The first kappa shape index (κ1) is 11.9. The normalized spacial score (nSPS) is 9.23. The Balaban J connectivity index is 4.03. The first-order chi connectivity index (χ1) is 5.97. The molecule has 0 bridgehead atoms. The van der Waals surface area contributed by atoms with Crippen LogP contribution in [0.15, 0.2) is 23.3 Å². The second-order valence-corrected chi connectivity index (χ2v) is 3.46. The number of rotatable bonds is 4. The minimum atomic E-state index is -0.216. The molecule has 0 aliphatic rings. The Morgan fingerprint density at radius 2 is 1.77 bits per heavy atom. The third-order valence-electron chi connectivity index (χ3n) is 1.99. The molecule has 0 unspecified atom stereocenters. The van der Waals surface area contributed by atoms with Gasteiger partial charge in [-0.05, 0) is 27.2 Å². The predicted octanol–water partition coefficient (Wildman–Crippen LogP) is 2.85. The number of ether oxygens (including phenoxy) is 1. The molecule has 0 atom stereocenters. The van der Waals surface area contributed by atoms with Crippen molar-refractivity contribution in [3.8, 4) is 0 Å². The highest BCUT2D eigenvalue weighted by Gasteiger charge is 2.04. The van der Waals surface area contributed by atoms with Crippen molar-refractivity contribution in [2.45, 2.75) is 33.6 Å². The maximum atomic E-state index is 10.9. The van der Waals surface area contributed by atoms with Gasteiger partial charge in [0.1, 0.15) is 0 Å². The molecule has 0 saturated carbocycles. The summed E-state index contributed by atoms with van der Waals surface area (Å²) in [6.45, 7) is 10.00. The molecule has 0 saturated heterocycles. The molecule has 0 radical (unpaired) electrons. The minimum absolute atomic E-state index is 0.216. The number of methoxy groups -OCH3 is 1. The summed E-state index contributed by atoms with van der Waals surface area (Å²) in [6.07, 6.45) is 1.11. The van der Waals surface area contributed by atoms with Crippen LogP contribution in [0.5, 0.6) is 0 Å². The molecule has 0 aromatic carbocycles. The van der Waals surface area contributed by atoms with E-state index in [9.17, 15) is 4.79 Å². The zero-order chi connectivity index (χ0) is 10.4. The van der Waals surface area contributed by atoms with Gasteiger partial charge >= 0.3 is 5.97 Å². The number of carbonyl (C=O) groups is 1. The van der Waals surface area contributed by atoms with E-state index in [4.69, 9.17) is 0 Å². The summed E-state index contributed by atoms with van der Waals surface area (Å²) in [4.78, 5) is 10.9. The van der Waals surface area contributed by atoms with Crippen molar-refractivity contribution in [2.75, 3.05) is 7.11 Å². The molecule has 2 nitrogen and oxygen atoms in total. The van der Waals surface area contributed by atoms with Crippen LogP contribution in [-0.2, 0) is 9.53 Å². The molecular weight excluding hydrogens is 164 g/mol. The first-order valence-corrected chi connectivity index (χ1v) is 4.33. The standard InChI is InChI=1S/C11H18O2/c1-8(2)10(4)6-9(3)7-11(12)13-5/h3,6-7H2,1-2,4-5H3. The zero-order valence-corrected chi connectivity index (χ0v) is 8.94. The van der Waals surface area contributed by atoms with E-state index in [1.807, 2.05) is 0 Å². The molecule has 0 heterocycles. The van der Waals surface area contributed by atoms with Gasteiger partial charge in [0.25, 0.3) is 0 Å². The number of esters is 1. The summed E-state index contributed by atoms with van der Waals surface area (Å²) in [7, 11) is 1.39. The van der Waals surface area contributed by atoms with Crippen LogP contribution in [0.25, 0.3) is 0 Å². The van der Waals surface area contributed by atoms with Crippen LogP contribution >= 0.6 is 0 Å². The van der Waals surface area contributed by atoms with Gasteiger partial charge in [0.2, 0.25) is 0 Å². The highest BCUT2D eigenvalue weighted by Crippen LogP contribution is 2.15. The summed E-state index contributed by atoms with van der Waals surface area (Å²) in [5, 5.41) is 0. The number of allylic oxidation sites excluding steroid dienone is 2. The largest absolute Gasteiger partial charge is 0.469 e. The number of hydrogen-bond donors (Lipinski definition) is 0. The Labute approximate surface area is 80.3 Å². The summed E-state index contributed by atoms with van der Waals surface area (Å²) in [6, 6.07) is 0. The summed E-state index contributed by atoms with van der Waals surface area (Å²) in [5.74, 6) is -0.216. The fourth-order valence-corrected chi connectivity index (χ4v) is 0.891. The van der Waals surface area contributed by atoms with Gasteiger partial charge in [-0.3, -0.25) is 4.79 Å². The summed E-state index contributed by atoms with van der Waals surface area (Å²) in [5.41, 5.74) is 3.46. The molecule has 0 rings (SSSR count). The second-order valence-electron chi connectivity index (χ2n) is 3.46. The van der Waals surface area contributed by atoms with Crippen molar-refractivity contribution < 1.29 is 9.53 Å². The van der Waals surface area contributed by atoms with Crippen molar-refractivity contribution in [3.05, 3.63) is 23.3 Å². The lowest BCUT2D eigenvalue weighted by Gasteiger charge is -2.06. The molecule has 0 aliphatic carbocycles. The molecule has 2 heteroatoms. The van der Waals surface area contributed by atoms with Crippen LogP contribution in [0, 0.1) is 0 Å². The lowest BCUT2D eigenvalue weighted by molar-refractivity contribution is -0.139. The van der Waals surface area contributed by atoms with Crippen LogP contribution < -0.4 is 0 Å². The molecule has 0 amide bonds. The van der Waals surface area contributed by atoms with Crippen LogP contribution in [-0.4, -0.2) is 13.1 Å². The van der Waals surface area contributed by atoms with E-state index in [1.54, 1.807) is 0 Å². The van der Waals surface area contributed by atoms with Gasteiger partial charge in [-0.1, -0.05) is 23.3 Å². The SMILES string of the molecule is C=C(CC(=O)OC)CC(C)=C(C)C. The lowest BCUT2D eigenvalue weighted by atomic mass is 10.0. The Morgan fingerprint density at radius 3 is 2.15 bits per heavy atom. The van der Waals surface area contributed by atoms with Crippen LogP contribution in [0.4, 0.5) is 0 Å². The third kappa shape index (κ3) is 5.23. The minimum Gasteiger partial charge on any atom is -0.469 e. The van der Waals surface area contributed by atoms with Crippen molar-refractivity contribution >= 4 is 5.97 Å². The Morgan fingerprint density at radius 1 is 1.23 bits per heavy atom. The average molecular weight is 182 g/mol. The van der Waals surface area contributed by atoms with Crippen LogP contribution in [0.1, 0.15) is 33.6 Å². The van der Waals surface area contributed by atoms with Gasteiger partial charge in [0, 0.05) is 0 Å². The molecule has 0 spiro atoms. The number of carbonyl (C=O) groups excluding carboxylic acids is 1. The van der Waals surface area contributed by atoms with Crippen molar-refractivity contribution in [1.82, 2.24) is 0 Å². The molecule has 0 aromatic heterocycles. The van der Waals surface area contributed by atoms with Crippen molar-refractivity contribution in [2.24, 2.45) is 0 Å². The average Bonchev–Trinajstić information content (AvgIpc) is 2.03. The molecule has 0 fully saturated rings. The van der Waals surface area contributed by atoms with E-state index < -0.39 is 0 Å². The molecule has 13 heavy (non-hydrogen) atoms. The number of hydrogen-bond acceptors (Lipinski definition) is 2. The lowest BCUT2D eigenvalue weighted by Crippen LogP contribution is -2.01. The molecular formula is C11H18O2. The predicted molar refractivity (Wildman–Crippen MR) is 54.4 cm³/mol. The van der Waals surface area contributed by atoms with Crippen LogP contribution in [0.3, 0.4) is 0 Å². The monoisotopic (exact) mass is 182 g/mol. The Hall–Kier alpha value is -1.05. The Bertz CT molecular complexity index is 232. The zero-order valence-electron chi connectivity index (χ0n) is 8.94. The fourth-order valence-electron chi connectivity index (χ4n) is 0.891. The molecule has 0 aliphatic heterocycles. The van der Waals surface area contributed by atoms with Gasteiger partial charge in [-0.25, -0.2) is 0 Å². The van der Waals surface area contributed by atoms with E-state index in [0.29, 0.717) is 6.42 Å².